The summed E-state index contributed by atoms with van der Waals surface area (Å²) in [5.41, 5.74) is 0.000142. The Kier molecular flexibility index (Phi) is 6.40. The van der Waals surface area contributed by atoms with Crippen LogP contribution < -0.4 is 5.32 Å². The van der Waals surface area contributed by atoms with Crippen molar-refractivity contribution in [3.05, 3.63) is 29.8 Å². The van der Waals surface area contributed by atoms with E-state index in [1.54, 1.807) is 0 Å². The van der Waals surface area contributed by atoms with Gasteiger partial charge in [-0.2, -0.15) is 8.78 Å². The number of esters is 1. The Morgan fingerprint density at radius 3 is 2.60 bits per heavy atom. The number of rotatable bonds is 6. The molecule has 1 amide bonds. The molecule has 1 atom stereocenters. The Bertz CT molecular complexity index is 484. The number of carbonyl (C=O) groups excluding carboxylic acids is 2. The minimum atomic E-state index is -2.67. The van der Waals surface area contributed by atoms with Gasteiger partial charge < -0.3 is 15.2 Å². The van der Waals surface area contributed by atoms with Gasteiger partial charge in [-0.1, -0.05) is 23.9 Å². The molecule has 0 aromatic heterocycles. The topological polar surface area (TPSA) is 75.6 Å². The SMILES string of the molecule is COC(=O)C(CO)NC(=O)c1ccccc1SC(F)F. The molecule has 1 aromatic rings. The third-order valence-electron chi connectivity index (χ3n) is 2.32. The third kappa shape index (κ3) is 4.46. The molecule has 1 unspecified atom stereocenters. The van der Waals surface area contributed by atoms with Crippen LogP contribution in [-0.2, 0) is 9.53 Å². The Labute approximate surface area is 118 Å². The Balaban J connectivity index is 2.89. The monoisotopic (exact) mass is 305 g/mol. The number of ether oxygens (including phenoxy) is 1. The molecule has 0 fully saturated rings. The second-order valence-electron chi connectivity index (χ2n) is 3.61. The first-order valence-corrected chi connectivity index (χ1v) is 6.41. The average molecular weight is 305 g/mol. The fourth-order valence-corrected chi connectivity index (χ4v) is 2.05. The van der Waals surface area contributed by atoms with E-state index in [4.69, 9.17) is 5.11 Å². The molecule has 0 saturated heterocycles. The van der Waals surface area contributed by atoms with Crippen molar-refractivity contribution >= 4 is 23.6 Å². The van der Waals surface area contributed by atoms with Crippen LogP contribution in [0.5, 0.6) is 0 Å². The summed E-state index contributed by atoms with van der Waals surface area (Å²) in [6.45, 7) is -0.650. The molecule has 0 radical (unpaired) electrons. The standard InChI is InChI=1S/C12H13F2NO4S/c1-19-11(18)8(6-16)15-10(17)7-4-2-3-5-9(7)20-12(13)14/h2-5,8,12,16H,6H2,1H3,(H,15,17). The highest BCUT2D eigenvalue weighted by molar-refractivity contribution is 7.99. The molecule has 1 aromatic carbocycles. The van der Waals surface area contributed by atoms with Crippen LogP contribution >= 0.6 is 11.8 Å². The average Bonchev–Trinajstić information content (AvgIpc) is 2.43. The van der Waals surface area contributed by atoms with Crippen LogP contribution in [-0.4, -0.2) is 42.5 Å². The molecule has 8 heteroatoms. The third-order valence-corrected chi connectivity index (χ3v) is 3.11. The minimum Gasteiger partial charge on any atom is -0.467 e. The molecule has 1 rings (SSSR count). The van der Waals surface area contributed by atoms with E-state index in [1.807, 2.05) is 0 Å². The lowest BCUT2D eigenvalue weighted by atomic mass is 10.2. The zero-order valence-electron chi connectivity index (χ0n) is 10.5. The van der Waals surface area contributed by atoms with Crippen LogP contribution in [0, 0.1) is 0 Å². The zero-order valence-corrected chi connectivity index (χ0v) is 11.3. The van der Waals surface area contributed by atoms with E-state index in [0.717, 1.165) is 7.11 Å². The number of carbonyl (C=O) groups is 2. The molecule has 0 aliphatic carbocycles. The predicted octanol–water partition coefficient (Wildman–Crippen LogP) is 1.26. The van der Waals surface area contributed by atoms with Crippen LogP contribution in [0.2, 0.25) is 0 Å². The smallest absolute Gasteiger partial charge is 0.330 e. The van der Waals surface area contributed by atoms with Crippen molar-refractivity contribution < 1.29 is 28.2 Å². The number of aliphatic hydroxyl groups is 1. The van der Waals surface area contributed by atoms with Crippen molar-refractivity contribution in [1.29, 1.82) is 0 Å². The van der Waals surface area contributed by atoms with Gasteiger partial charge in [0.2, 0.25) is 0 Å². The van der Waals surface area contributed by atoms with Gasteiger partial charge in [-0.05, 0) is 12.1 Å². The second-order valence-corrected chi connectivity index (χ2v) is 4.64. The van der Waals surface area contributed by atoms with Gasteiger partial charge in [-0.3, -0.25) is 4.79 Å². The van der Waals surface area contributed by atoms with E-state index in [9.17, 15) is 18.4 Å². The maximum Gasteiger partial charge on any atom is 0.330 e. The largest absolute Gasteiger partial charge is 0.467 e. The van der Waals surface area contributed by atoms with E-state index in [-0.39, 0.29) is 22.2 Å². The van der Waals surface area contributed by atoms with Crippen molar-refractivity contribution in [3.63, 3.8) is 0 Å². The summed E-state index contributed by atoms with van der Waals surface area (Å²) in [5.74, 6) is -4.23. The number of halogens is 2. The number of benzene rings is 1. The molecule has 2 N–H and O–H groups in total. The van der Waals surface area contributed by atoms with Crippen LogP contribution in [0.3, 0.4) is 0 Å². The quantitative estimate of drug-likeness (QED) is 0.611. The van der Waals surface area contributed by atoms with E-state index < -0.39 is 30.3 Å². The van der Waals surface area contributed by atoms with Crippen molar-refractivity contribution in [2.45, 2.75) is 16.7 Å². The molecule has 20 heavy (non-hydrogen) atoms. The summed E-state index contributed by atoms with van der Waals surface area (Å²) in [7, 11) is 1.11. The van der Waals surface area contributed by atoms with Gasteiger partial charge in [0, 0.05) is 4.90 Å². The predicted molar refractivity (Wildman–Crippen MR) is 68.7 cm³/mol. The van der Waals surface area contributed by atoms with Gasteiger partial charge in [0.1, 0.15) is 0 Å². The molecule has 5 nitrogen and oxygen atoms in total. The number of hydrogen-bond acceptors (Lipinski definition) is 5. The fraction of sp³-hybridized carbons (Fsp3) is 0.333. The first kappa shape index (κ1) is 16.4. The molecule has 0 aliphatic heterocycles. The van der Waals surface area contributed by atoms with E-state index >= 15 is 0 Å². The molecular formula is C12H13F2NO4S. The van der Waals surface area contributed by atoms with Crippen molar-refractivity contribution in [2.24, 2.45) is 0 Å². The molecule has 0 spiro atoms. The molecule has 0 bridgehead atoms. The summed E-state index contributed by atoms with van der Waals surface area (Å²) in [5, 5.41) is 11.2. The van der Waals surface area contributed by atoms with Crippen LogP contribution in [0.25, 0.3) is 0 Å². The van der Waals surface area contributed by atoms with Crippen LogP contribution in [0.4, 0.5) is 8.78 Å². The summed E-state index contributed by atoms with van der Waals surface area (Å²) in [6, 6.07) is 4.52. The first-order valence-electron chi connectivity index (χ1n) is 5.53. The maximum atomic E-state index is 12.4. The summed E-state index contributed by atoms with van der Waals surface area (Å²) in [4.78, 5) is 23.3. The first-order chi connectivity index (χ1) is 9.49. The van der Waals surface area contributed by atoms with Gasteiger partial charge in [-0.15, -0.1) is 0 Å². The van der Waals surface area contributed by atoms with Crippen molar-refractivity contribution in [3.8, 4) is 0 Å². The van der Waals surface area contributed by atoms with Gasteiger partial charge in [0.25, 0.3) is 11.7 Å². The fourth-order valence-electron chi connectivity index (χ4n) is 1.41. The zero-order chi connectivity index (χ0) is 15.1. The molecule has 0 heterocycles. The van der Waals surface area contributed by atoms with Gasteiger partial charge in [0.15, 0.2) is 6.04 Å². The van der Waals surface area contributed by atoms with E-state index in [1.165, 1.54) is 24.3 Å². The number of hydrogen-bond donors (Lipinski definition) is 2. The highest BCUT2D eigenvalue weighted by Crippen LogP contribution is 2.28. The number of nitrogens with one attached hydrogen (secondary N) is 1. The van der Waals surface area contributed by atoms with Crippen LogP contribution in [0.15, 0.2) is 29.2 Å². The number of amides is 1. The normalized spacial score (nSPS) is 12.1. The lowest BCUT2D eigenvalue weighted by molar-refractivity contribution is -0.143. The van der Waals surface area contributed by atoms with Crippen molar-refractivity contribution in [1.82, 2.24) is 5.32 Å². The van der Waals surface area contributed by atoms with Gasteiger partial charge in [0.05, 0.1) is 19.3 Å². The van der Waals surface area contributed by atoms with Gasteiger partial charge in [-0.25, -0.2) is 4.79 Å². The summed E-state index contributed by atoms with van der Waals surface area (Å²) < 4.78 is 29.2. The number of methoxy groups -OCH3 is 1. The Morgan fingerprint density at radius 2 is 2.05 bits per heavy atom. The highest BCUT2D eigenvalue weighted by Gasteiger charge is 2.23. The van der Waals surface area contributed by atoms with Gasteiger partial charge >= 0.3 is 5.97 Å². The summed E-state index contributed by atoms with van der Waals surface area (Å²) in [6.07, 6.45) is 0. The minimum absolute atomic E-state index is 0.000142. The lowest BCUT2D eigenvalue weighted by Gasteiger charge is -2.15. The Hall–Kier alpha value is -1.67. The van der Waals surface area contributed by atoms with E-state index in [0.29, 0.717) is 0 Å². The van der Waals surface area contributed by atoms with Crippen LogP contribution in [0.1, 0.15) is 10.4 Å². The Morgan fingerprint density at radius 1 is 1.40 bits per heavy atom. The van der Waals surface area contributed by atoms with E-state index in [2.05, 4.69) is 10.1 Å². The summed E-state index contributed by atoms with van der Waals surface area (Å²) >= 11 is 0.229. The number of alkyl halides is 2. The highest BCUT2D eigenvalue weighted by atomic mass is 32.2. The lowest BCUT2D eigenvalue weighted by Crippen LogP contribution is -2.44. The number of thioether (sulfide) groups is 1. The number of aliphatic hydroxyl groups excluding tert-OH is 1. The maximum absolute atomic E-state index is 12.4. The molecule has 0 aliphatic rings. The van der Waals surface area contributed by atoms with Crippen molar-refractivity contribution in [2.75, 3.05) is 13.7 Å². The molecule has 110 valence electrons. The molecular weight excluding hydrogens is 292 g/mol. The second kappa shape index (κ2) is 7.81. The molecule has 0 saturated carbocycles.